The molecule has 1 saturated heterocycles. The monoisotopic (exact) mass is 566 g/mol. The number of halogens is 1. The van der Waals surface area contributed by atoms with Crippen LogP contribution in [0.1, 0.15) is 25.8 Å². The van der Waals surface area contributed by atoms with Crippen LogP contribution in [0.25, 0.3) is 5.57 Å². The summed E-state index contributed by atoms with van der Waals surface area (Å²) >= 11 is 6.07. The van der Waals surface area contributed by atoms with E-state index < -0.39 is 10.0 Å². The number of rotatable bonds is 5. The summed E-state index contributed by atoms with van der Waals surface area (Å²) in [5.41, 5.74) is 5.29. The van der Waals surface area contributed by atoms with Gasteiger partial charge in [-0.3, -0.25) is 13.9 Å². The van der Waals surface area contributed by atoms with Crippen LogP contribution in [0.2, 0.25) is 5.02 Å². The number of benzene rings is 2. The van der Waals surface area contributed by atoms with Gasteiger partial charge in [-0.05, 0) is 80.9 Å². The minimum Gasteiger partial charge on any atom is -0.336 e. The van der Waals surface area contributed by atoms with Gasteiger partial charge in [0.25, 0.3) is 21.8 Å². The summed E-state index contributed by atoms with van der Waals surface area (Å²) in [7, 11) is -0.404. The number of carbonyl (C=O) groups excluding carboxylic acids is 2. The number of likely N-dealkylation sites (N-methyl/N-ethyl adjacent to an activating group) is 1. The van der Waals surface area contributed by atoms with E-state index in [0.29, 0.717) is 52.6 Å². The maximum Gasteiger partial charge on any atom is 0.264 e. The van der Waals surface area contributed by atoms with Crippen LogP contribution in [0.15, 0.2) is 75.7 Å². The summed E-state index contributed by atoms with van der Waals surface area (Å²) in [6.45, 7) is 6.93. The molecule has 2 aromatic carbocycles. The summed E-state index contributed by atoms with van der Waals surface area (Å²) in [6, 6.07) is 11.2. The first-order chi connectivity index (χ1) is 18.5. The average molecular weight is 567 g/mol. The largest absolute Gasteiger partial charge is 0.336 e. The molecule has 0 spiro atoms. The van der Waals surface area contributed by atoms with Gasteiger partial charge in [0.15, 0.2) is 0 Å². The molecule has 0 radical (unpaired) electrons. The molecule has 2 aromatic rings. The Balaban J connectivity index is 1.46. The van der Waals surface area contributed by atoms with Gasteiger partial charge in [0, 0.05) is 60.6 Å². The van der Waals surface area contributed by atoms with E-state index in [4.69, 9.17) is 11.6 Å². The number of piperazine rings is 1. The zero-order valence-corrected chi connectivity index (χ0v) is 24.0. The fourth-order valence-electron chi connectivity index (χ4n) is 5.27. The second kappa shape index (κ2) is 10.3. The number of amides is 2. The van der Waals surface area contributed by atoms with Gasteiger partial charge in [0.1, 0.15) is 0 Å². The molecule has 3 aliphatic rings. The van der Waals surface area contributed by atoms with Crippen LogP contribution in [0.5, 0.6) is 0 Å². The quantitative estimate of drug-likeness (QED) is 0.545. The molecule has 204 valence electrons. The molecule has 1 fully saturated rings. The van der Waals surface area contributed by atoms with Crippen molar-refractivity contribution in [1.82, 2.24) is 9.80 Å². The minimum atomic E-state index is -3.92. The molecular weight excluding hydrogens is 536 g/mol. The number of anilines is 2. The molecule has 0 aromatic heterocycles. The Kier molecular flexibility index (Phi) is 7.17. The second-order valence-corrected chi connectivity index (χ2v) is 12.7. The van der Waals surface area contributed by atoms with Crippen LogP contribution < -0.4 is 9.62 Å². The van der Waals surface area contributed by atoms with E-state index in [1.165, 1.54) is 23.5 Å². The first kappa shape index (κ1) is 27.2. The molecule has 39 heavy (non-hydrogen) atoms. The first-order valence-corrected chi connectivity index (χ1v) is 14.6. The number of nitrogens with one attached hydrogen (secondary N) is 1. The molecule has 5 rings (SSSR count). The van der Waals surface area contributed by atoms with Crippen molar-refractivity contribution in [3.63, 3.8) is 0 Å². The van der Waals surface area contributed by atoms with Crippen LogP contribution in [-0.4, -0.2) is 70.3 Å². The summed E-state index contributed by atoms with van der Waals surface area (Å²) in [5.74, 6) is -0.278. The van der Waals surface area contributed by atoms with Crippen molar-refractivity contribution in [1.29, 1.82) is 0 Å². The molecule has 8 nitrogen and oxygen atoms in total. The number of allylic oxidation sites excluding steroid dienone is 3. The molecule has 1 aliphatic carbocycles. The molecule has 0 unspecified atom stereocenters. The van der Waals surface area contributed by atoms with Crippen molar-refractivity contribution in [2.75, 3.05) is 49.9 Å². The van der Waals surface area contributed by atoms with Gasteiger partial charge in [0.2, 0.25) is 0 Å². The van der Waals surface area contributed by atoms with Gasteiger partial charge in [-0.1, -0.05) is 23.2 Å². The lowest BCUT2D eigenvalue weighted by Crippen LogP contribution is -2.47. The third kappa shape index (κ3) is 5.02. The van der Waals surface area contributed by atoms with Crippen molar-refractivity contribution in [2.24, 2.45) is 0 Å². The number of carbonyl (C=O) groups is 2. The van der Waals surface area contributed by atoms with Gasteiger partial charge < -0.3 is 15.1 Å². The van der Waals surface area contributed by atoms with Crippen LogP contribution >= 0.6 is 11.6 Å². The third-order valence-corrected chi connectivity index (χ3v) is 9.68. The highest BCUT2D eigenvalue weighted by molar-refractivity contribution is 7.92. The lowest BCUT2D eigenvalue weighted by Gasteiger charge is -2.33. The van der Waals surface area contributed by atoms with Gasteiger partial charge in [-0.2, -0.15) is 0 Å². The summed E-state index contributed by atoms with van der Waals surface area (Å²) in [4.78, 5) is 30.5. The minimum absolute atomic E-state index is 0.0280. The van der Waals surface area contributed by atoms with Crippen LogP contribution in [-0.2, 0) is 19.6 Å². The molecule has 0 atom stereocenters. The maximum absolute atomic E-state index is 13.5. The molecule has 10 heteroatoms. The lowest BCUT2D eigenvalue weighted by molar-refractivity contribution is -0.128. The maximum atomic E-state index is 13.5. The van der Waals surface area contributed by atoms with E-state index in [2.05, 4.69) is 10.2 Å². The van der Waals surface area contributed by atoms with Crippen molar-refractivity contribution in [3.8, 4) is 0 Å². The molecular formula is C29H31ClN4O4S. The van der Waals surface area contributed by atoms with E-state index in [1.807, 2.05) is 25.8 Å². The van der Waals surface area contributed by atoms with Crippen molar-refractivity contribution in [3.05, 3.63) is 81.4 Å². The van der Waals surface area contributed by atoms with Crippen molar-refractivity contribution in [2.45, 2.75) is 25.2 Å². The van der Waals surface area contributed by atoms with E-state index in [0.717, 1.165) is 29.8 Å². The standard InChI is InChI=1S/C29H31ClN4O4S/c1-18-14-20(19(2)27(18)29(36)34-12-10-32(3)11-13-34)15-25-24-17-23(8-9-26(24)31-28(25)35)39(37,38)33(4)22-7-5-6-21(30)16-22/h5-9,15-17H,10-14H2,1-4H3,(H,31,35)/b25-15-. The summed E-state index contributed by atoms with van der Waals surface area (Å²) < 4.78 is 28.1. The van der Waals surface area contributed by atoms with Crippen LogP contribution in [0, 0.1) is 0 Å². The van der Waals surface area contributed by atoms with E-state index in [1.54, 1.807) is 36.4 Å². The van der Waals surface area contributed by atoms with E-state index >= 15 is 0 Å². The van der Waals surface area contributed by atoms with Gasteiger partial charge >= 0.3 is 0 Å². The normalized spacial score (nSPS) is 19.2. The highest BCUT2D eigenvalue weighted by Crippen LogP contribution is 2.39. The summed E-state index contributed by atoms with van der Waals surface area (Å²) in [6.07, 6.45) is 2.35. The third-order valence-electron chi connectivity index (χ3n) is 7.67. The fraction of sp³-hybridized carbons (Fsp3) is 0.310. The van der Waals surface area contributed by atoms with Gasteiger partial charge in [-0.25, -0.2) is 8.42 Å². The summed E-state index contributed by atoms with van der Waals surface area (Å²) in [5, 5.41) is 3.26. The Morgan fingerprint density at radius 3 is 2.49 bits per heavy atom. The topological polar surface area (TPSA) is 90.0 Å². The van der Waals surface area contributed by atoms with E-state index in [-0.39, 0.29) is 16.7 Å². The van der Waals surface area contributed by atoms with Crippen LogP contribution in [0.3, 0.4) is 0 Å². The van der Waals surface area contributed by atoms with Gasteiger partial charge in [-0.15, -0.1) is 0 Å². The predicted molar refractivity (Wildman–Crippen MR) is 154 cm³/mol. The van der Waals surface area contributed by atoms with Crippen LogP contribution in [0.4, 0.5) is 11.4 Å². The number of hydrogen-bond acceptors (Lipinski definition) is 5. The second-order valence-electron chi connectivity index (χ2n) is 10.2. The average Bonchev–Trinajstić information content (AvgIpc) is 3.37. The highest BCUT2D eigenvalue weighted by Gasteiger charge is 2.32. The van der Waals surface area contributed by atoms with Gasteiger partial charge in [0.05, 0.1) is 10.6 Å². The lowest BCUT2D eigenvalue weighted by atomic mass is 10.0. The Morgan fingerprint density at radius 2 is 1.79 bits per heavy atom. The van der Waals surface area contributed by atoms with Crippen molar-refractivity contribution < 1.29 is 18.0 Å². The fourth-order valence-corrected chi connectivity index (χ4v) is 6.67. The van der Waals surface area contributed by atoms with Crippen molar-refractivity contribution >= 4 is 50.4 Å². The Bertz CT molecular complexity index is 1580. The highest BCUT2D eigenvalue weighted by atomic mass is 35.5. The molecule has 2 amide bonds. The molecule has 0 saturated carbocycles. The number of nitrogens with zero attached hydrogens (tertiary/aromatic N) is 3. The Morgan fingerprint density at radius 1 is 1.08 bits per heavy atom. The zero-order chi connectivity index (χ0) is 28.1. The zero-order valence-electron chi connectivity index (χ0n) is 22.4. The Labute approximate surface area is 234 Å². The molecule has 2 heterocycles. The molecule has 0 bridgehead atoms. The number of fused-ring (bicyclic) bond motifs is 1. The van der Waals surface area contributed by atoms with E-state index in [9.17, 15) is 18.0 Å². The number of hydrogen-bond donors (Lipinski definition) is 1. The SMILES string of the molecule is CC1=C(C(=O)N2CCN(C)CC2)C(C)=C(/C=C2\C(=O)Nc3ccc(S(=O)(=O)N(C)c4cccc(Cl)c4)cc32)C1. The molecule has 1 N–H and O–H groups in total. The smallest absolute Gasteiger partial charge is 0.264 e. The first-order valence-electron chi connectivity index (χ1n) is 12.8. The molecule has 2 aliphatic heterocycles. The Hall–Kier alpha value is -3.40. The number of sulfonamides is 1. The predicted octanol–water partition coefficient (Wildman–Crippen LogP) is 4.31.